The minimum Gasteiger partial charge on any atom is -0.309 e. The monoisotopic (exact) mass is 631 g/mol. The van der Waals surface area contributed by atoms with E-state index in [-0.39, 0.29) is 0 Å². The van der Waals surface area contributed by atoms with Crippen molar-refractivity contribution in [1.29, 1.82) is 0 Å². The van der Waals surface area contributed by atoms with E-state index in [0.717, 1.165) is 44.5 Å². The van der Waals surface area contributed by atoms with Crippen LogP contribution < -0.4 is 0 Å². The van der Waals surface area contributed by atoms with Gasteiger partial charge in [0.15, 0.2) is 5.82 Å². The van der Waals surface area contributed by atoms with Crippen LogP contribution in [0.5, 0.6) is 0 Å². The van der Waals surface area contributed by atoms with Crippen molar-refractivity contribution in [2.75, 3.05) is 0 Å². The molecule has 0 aliphatic rings. The highest BCUT2D eigenvalue weighted by molar-refractivity contribution is 7.13. The Bertz CT molecular complexity index is 2520. The first-order valence-corrected chi connectivity index (χ1v) is 16.9. The van der Waals surface area contributed by atoms with Gasteiger partial charge < -0.3 is 4.57 Å². The molecule has 9 aromatic rings. The average Bonchev–Trinajstić information content (AvgIpc) is 3.83. The highest BCUT2D eigenvalue weighted by atomic mass is 32.1. The number of hydrogen-bond acceptors (Lipinski definition) is 3. The van der Waals surface area contributed by atoms with Gasteiger partial charge in [0, 0.05) is 27.6 Å². The van der Waals surface area contributed by atoms with Crippen molar-refractivity contribution in [3.8, 4) is 61.2 Å². The first-order chi connectivity index (χ1) is 23.8. The molecule has 0 fully saturated rings. The second-order valence-electron chi connectivity index (χ2n) is 11.9. The number of benzene rings is 6. The summed E-state index contributed by atoms with van der Waals surface area (Å²) < 4.78 is 2.36. The first kappa shape index (κ1) is 28.1. The van der Waals surface area contributed by atoms with Gasteiger partial charge in [0.2, 0.25) is 0 Å². The molecule has 0 bridgehead atoms. The number of para-hydroxylation sites is 2. The van der Waals surface area contributed by atoms with E-state index in [1.807, 2.05) is 12.1 Å². The zero-order chi connectivity index (χ0) is 31.9. The minimum atomic E-state index is 0.743. The Morgan fingerprint density at radius 3 is 1.60 bits per heavy atom. The fraction of sp³-hybridized carbons (Fsp3) is 0. The molecule has 6 aromatic carbocycles. The van der Waals surface area contributed by atoms with Gasteiger partial charge in [-0.15, -0.1) is 11.3 Å². The molecule has 0 spiro atoms. The van der Waals surface area contributed by atoms with Crippen molar-refractivity contribution in [3.63, 3.8) is 0 Å². The van der Waals surface area contributed by atoms with Gasteiger partial charge in [-0.3, -0.25) is 0 Å². The van der Waals surface area contributed by atoms with E-state index >= 15 is 0 Å². The van der Waals surface area contributed by atoms with Crippen LogP contribution >= 0.6 is 11.3 Å². The van der Waals surface area contributed by atoms with Gasteiger partial charge in [-0.1, -0.05) is 133 Å². The summed E-state index contributed by atoms with van der Waals surface area (Å²) in [4.78, 5) is 11.1. The molecule has 48 heavy (non-hydrogen) atoms. The number of thiophene rings is 1. The quantitative estimate of drug-likeness (QED) is 0.183. The maximum absolute atomic E-state index is 5.05. The third-order valence-electron chi connectivity index (χ3n) is 8.96. The van der Waals surface area contributed by atoms with Crippen molar-refractivity contribution >= 4 is 33.1 Å². The van der Waals surface area contributed by atoms with Crippen LogP contribution in [0.4, 0.5) is 0 Å². The highest BCUT2D eigenvalue weighted by Crippen LogP contribution is 2.36. The van der Waals surface area contributed by atoms with E-state index < -0.39 is 0 Å². The predicted octanol–water partition coefficient (Wildman–Crippen LogP) is 12.0. The molecule has 0 atom stereocenters. The van der Waals surface area contributed by atoms with Crippen molar-refractivity contribution in [1.82, 2.24) is 14.5 Å². The van der Waals surface area contributed by atoms with Crippen molar-refractivity contribution < 1.29 is 0 Å². The molecule has 0 aliphatic carbocycles. The van der Waals surface area contributed by atoms with Crippen LogP contribution in [-0.2, 0) is 0 Å². The molecule has 3 aromatic heterocycles. The zero-order valence-corrected chi connectivity index (χ0v) is 26.8. The standard InChI is InChI=1S/C44H29N3S/c1-3-10-30(11-4-1)31-17-21-33(22-18-31)39-29-40(46-44(45-39)43-16-9-27-48-43)34-23-19-32(20-24-34)35-25-26-38-37-14-7-8-15-41(37)47(42(38)28-35)36-12-5-2-6-13-36/h1-29H. The lowest BCUT2D eigenvalue weighted by molar-refractivity contribution is 1.18. The molecule has 0 saturated heterocycles. The largest absolute Gasteiger partial charge is 0.309 e. The van der Waals surface area contributed by atoms with Crippen LogP contribution in [0.1, 0.15) is 0 Å². The second-order valence-corrected chi connectivity index (χ2v) is 12.8. The third-order valence-corrected chi connectivity index (χ3v) is 9.82. The molecule has 0 unspecified atom stereocenters. The highest BCUT2D eigenvalue weighted by Gasteiger charge is 2.15. The molecule has 4 heteroatoms. The summed E-state index contributed by atoms with van der Waals surface area (Å²) in [5, 5.41) is 4.58. The molecule has 0 N–H and O–H groups in total. The summed E-state index contributed by atoms with van der Waals surface area (Å²) >= 11 is 1.66. The molecule has 0 radical (unpaired) electrons. The summed E-state index contributed by atoms with van der Waals surface area (Å²) in [6, 6.07) is 60.1. The van der Waals surface area contributed by atoms with E-state index in [1.54, 1.807) is 11.3 Å². The smallest absolute Gasteiger partial charge is 0.170 e. The number of rotatable bonds is 6. The number of fused-ring (bicyclic) bond motifs is 3. The molecule has 0 saturated carbocycles. The maximum atomic E-state index is 5.05. The maximum Gasteiger partial charge on any atom is 0.170 e. The molecule has 226 valence electrons. The van der Waals surface area contributed by atoms with Gasteiger partial charge >= 0.3 is 0 Å². The molecule has 3 heterocycles. The topological polar surface area (TPSA) is 30.7 Å². The van der Waals surface area contributed by atoms with Gasteiger partial charge in [0.1, 0.15) is 0 Å². The molecule has 0 aliphatic heterocycles. The Labute approximate surface area is 283 Å². The average molecular weight is 632 g/mol. The van der Waals surface area contributed by atoms with Crippen LogP contribution in [0, 0.1) is 0 Å². The van der Waals surface area contributed by atoms with E-state index in [0.29, 0.717) is 0 Å². The van der Waals surface area contributed by atoms with Crippen molar-refractivity contribution in [3.05, 3.63) is 175 Å². The van der Waals surface area contributed by atoms with Gasteiger partial charge in [0.05, 0.1) is 27.3 Å². The van der Waals surface area contributed by atoms with Gasteiger partial charge in [-0.05, 0) is 64.0 Å². The second kappa shape index (κ2) is 11.9. The van der Waals surface area contributed by atoms with E-state index in [4.69, 9.17) is 9.97 Å². The van der Waals surface area contributed by atoms with E-state index in [2.05, 4.69) is 168 Å². The normalized spacial score (nSPS) is 11.3. The van der Waals surface area contributed by atoms with Crippen LogP contribution in [0.15, 0.2) is 175 Å². The van der Waals surface area contributed by atoms with Gasteiger partial charge in [0.25, 0.3) is 0 Å². The number of aromatic nitrogens is 3. The van der Waals surface area contributed by atoms with Crippen molar-refractivity contribution in [2.24, 2.45) is 0 Å². The lowest BCUT2D eigenvalue weighted by Gasteiger charge is -2.11. The summed E-state index contributed by atoms with van der Waals surface area (Å²) in [5.74, 6) is 0.743. The van der Waals surface area contributed by atoms with E-state index in [9.17, 15) is 0 Å². The Hall–Kier alpha value is -6.10. The fourth-order valence-corrected chi connectivity index (χ4v) is 7.22. The van der Waals surface area contributed by atoms with Crippen molar-refractivity contribution in [2.45, 2.75) is 0 Å². The molecule has 0 amide bonds. The first-order valence-electron chi connectivity index (χ1n) is 16.1. The molecule has 9 rings (SSSR count). The predicted molar refractivity (Wildman–Crippen MR) is 201 cm³/mol. The lowest BCUT2D eigenvalue weighted by Crippen LogP contribution is -1.95. The Kier molecular flexibility index (Phi) is 6.99. The summed E-state index contributed by atoms with van der Waals surface area (Å²) in [6.07, 6.45) is 0. The Balaban J connectivity index is 1.10. The number of hydrogen-bond donors (Lipinski definition) is 0. The summed E-state index contributed by atoms with van der Waals surface area (Å²) in [5.41, 5.74) is 12.2. The lowest BCUT2D eigenvalue weighted by atomic mass is 10.00. The van der Waals surface area contributed by atoms with Gasteiger partial charge in [-0.25, -0.2) is 9.97 Å². The summed E-state index contributed by atoms with van der Waals surface area (Å²) in [7, 11) is 0. The Morgan fingerprint density at radius 2 is 0.938 bits per heavy atom. The third kappa shape index (κ3) is 5.09. The molecule has 3 nitrogen and oxygen atoms in total. The van der Waals surface area contributed by atoms with Crippen LogP contribution in [-0.4, -0.2) is 14.5 Å². The van der Waals surface area contributed by atoms with Crippen LogP contribution in [0.2, 0.25) is 0 Å². The van der Waals surface area contributed by atoms with Crippen LogP contribution in [0.25, 0.3) is 83.0 Å². The Morgan fingerprint density at radius 1 is 0.396 bits per heavy atom. The zero-order valence-electron chi connectivity index (χ0n) is 26.0. The van der Waals surface area contributed by atoms with E-state index in [1.165, 1.54) is 38.5 Å². The van der Waals surface area contributed by atoms with Gasteiger partial charge in [-0.2, -0.15) is 0 Å². The minimum absolute atomic E-state index is 0.743. The fourth-order valence-electron chi connectivity index (χ4n) is 6.56. The summed E-state index contributed by atoms with van der Waals surface area (Å²) in [6.45, 7) is 0. The van der Waals surface area contributed by atoms with Crippen LogP contribution in [0.3, 0.4) is 0 Å². The SMILES string of the molecule is c1ccc(-c2ccc(-c3cc(-c4ccc(-c5ccc6c7ccccc7n(-c7ccccc7)c6c5)cc4)nc(-c4cccs4)n3)cc2)cc1. The molecular formula is C44H29N3S. The number of nitrogens with zero attached hydrogens (tertiary/aromatic N) is 3. The molecular weight excluding hydrogens is 603 g/mol.